The molecular formula is C34H28F2N4O5. The lowest BCUT2D eigenvalue weighted by atomic mass is 10.0. The molecule has 6 rings (SSSR count). The number of benzene rings is 3. The summed E-state index contributed by atoms with van der Waals surface area (Å²) in [5.74, 6) is 0.203. The zero-order chi connectivity index (χ0) is 31.7. The first-order chi connectivity index (χ1) is 21.6. The predicted octanol–water partition coefficient (Wildman–Crippen LogP) is 7.11. The van der Waals surface area contributed by atoms with Crippen LogP contribution in [0.2, 0.25) is 0 Å². The Hall–Kier alpha value is -5.55. The quantitative estimate of drug-likeness (QED) is 0.159. The van der Waals surface area contributed by atoms with Crippen molar-refractivity contribution in [1.29, 1.82) is 0 Å². The predicted molar refractivity (Wildman–Crippen MR) is 168 cm³/mol. The number of aliphatic hydroxyl groups is 1. The number of methoxy groups -OCH3 is 1. The molecule has 0 aliphatic carbocycles. The van der Waals surface area contributed by atoms with Crippen LogP contribution >= 0.6 is 0 Å². The molecule has 0 spiro atoms. The topological polar surface area (TPSA) is 119 Å². The first-order valence-corrected chi connectivity index (χ1v) is 13.9. The molecule has 6 aromatic rings. The van der Waals surface area contributed by atoms with E-state index < -0.39 is 17.2 Å². The second kappa shape index (κ2) is 11.9. The van der Waals surface area contributed by atoms with Crippen molar-refractivity contribution < 1.29 is 28.1 Å². The maximum Gasteiger partial charge on any atom is 0.200 e. The second-order valence-electron chi connectivity index (χ2n) is 10.9. The minimum atomic E-state index is -1.08. The van der Waals surface area contributed by atoms with E-state index in [0.717, 1.165) is 0 Å². The molecule has 0 fully saturated rings. The number of hydrogen-bond donors (Lipinski definition) is 3. The summed E-state index contributed by atoms with van der Waals surface area (Å²) in [6, 6.07) is 16.5. The Morgan fingerprint density at radius 1 is 0.911 bits per heavy atom. The molecule has 9 nitrogen and oxygen atoms in total. The molecule has 0 atom stereocenters. The standard InChI is InChI=1S/C34H28F2N4O5/c1-34(2,42)18-44-30-15-22-26(16-29(30)43-3)37-13-11-27(22)45-28-9-8-21(14-24(28)36)40-33-31-25(10-12-38-33)39-17-23(32(31)41)19-4-6-20(35)7-5-19/h4-17,42H,18H2,1-3H3,(H,38,40)(H,39,41). The first-order valence-electron chi connectivity index (χ1n) is 13.9. The van der Waals surface area contributed by atoms with Gasteiger partial charge in [-0.2, -0.15) is 0 Å². The number of rotatable bonds is 9. The van der Waals surface area contributed by atoms with Gasteiger partial charge in [0.05, 0.1) is 29.1 Å². The summed E-state index contributed by atoms with van der Waals surface area (Å²) >= 11 is 0. The lowest BCUT2D eigenvalue weighted by Gasteiger charge is -2.19. The summed E-state index contributed by atoms with van der Waals surface area (Å²) in [7, 11) is 1.50. The fraction of sp³-hybridized carbons (Fsp3) is 0.147. The normalized spacial score (nSPS) is 11.5. The highest BCUT2D eigenvalue weighted by Gasteiger charge is 2.18. The first kappa shape index (κ1) is 29.5. The van der Waals surface area contributed by atoms with Crippen molar-refractivity contribution in [3.05, 3.63) is 107 Å². The lowest BCUT2D eigenvalue weighted by molar-refractivity contribution is 0.0277. The van der Waals surface area contributed by atoms with Crippen molar-refractivity contribution in [1.82, 2.24) is 15.0 Å². The molecular weight excluding hydrogens is 582 g/mol. The van der Waals surface area contributed by atoms with Crippen LogP contribution in [0.4, 0.5) is 20.3 Å². The summed E-state index contributed by atoms with van der Waals surface area (Å²) in [6.45, 7) is 3.26. The van der Waals surface area contributed by atoms with Crippen molar-refractivity contribution in [2.45, 2.75) is 19.4 Å². The highest BCUT2D eigenvalue weighted by molar-refractivity contribution is 5.93. The third-order valence-corrected chi connectivity index (χ3v) is 6.93. The summed E-state index contributed by atoms with van der Waals surface area (Å²) in [5, 5.41) is 13.9. The molecule has 0 amide bonds. The van der Waals surface area contributed by atoms with Crippen LogP contribution in [0, 0.1) is 11.6 Å². The van der Waals surface area contributed by atoms with E-state index in [0.29, 0.717) is 50.5 Å². The SMILES string of the molecule is COc1cc2nccc(Oc3ccc(Nc4nccc5[nH]cc(-c6ccc(F)cc6)c(=O)c45)cc3F)c2cc1OCC(C)(C)O. The zero-order valence-corrected chi connectivity index (χ0v) is 24.5. The Kier molecular flexibility index (Phi) is 7.78. The van der Waals surface area contributed by atoms with Crippen LogP contribution in [0.1, 0.15) is 13.8 Å². The minimum absolute atomic E-state index is 0.0133. The molecule has 11 heteroatoms. The van der Waals surface area contributed by atoms with Crippen LogP contribution in [-0.2, 0) is 0 Å². The summed E-state index contributed by atoms with van der Waals surface area (Å²) in [4.78, 5) is 25.3. The van der Waals surface area contributed by atoms with Gasteiger partial charge in [0.1, 0.15) is 24.0 Å². The summed E-state index contributed by atoms with van der Waals surface area (Å²) in [5.41, 5.74) is 0.871. The van der Waals surface area contributed by atoms with Crippen LogP contribution in [0.25, 0.3) is 32.9 Å². The van der Waals surface area contributed by atoms with Gasteiger partial charge in [-0.15, -0.1) is 0 Å². The number of aromatic nitrogens is 3. The molecule has 3 heterocycles. The molecule has 228 valence electrons. The Morgan fingerprint density at radius 3 is 2.42 bits per heavy atom. The Labute approximate surface area is 256 Å². The average molecular weight is 611 g/mol. The zero-order valence-electron chi connectivity index (χ0n) is 24.5. The highest BCUT2D eigenvalue weighted by atomic mass is 19.1. The molecule has 3 aromatic carbocycles. The van der Waals surface area contributed by atoms with Crippen LogP contribution in [-0.4, -0.2) is 39.4 Å². The highest BCUT2D eigenvalue weighted by Crippen LogP contribution is 2.38. The third-order valence-electron chi connectivity index (χ3n) is 6.93. The van der Waals surface area contributed by atoms with Crippen LogP contribution in [0.5, 0.6) is 23.0 Å². The van der Waals surface area contributed by atoms with Crippen LogP contribution < -0.4 is 25.0 Å². The van der Waals surface area contributed by atoms with Gasteiger partial charge in [0.2, 0.25) is 5.43 Å². The number of aromatic amines is 1. The van der Waals surface area contributed by atoms with Crippen molar-refractivity contribution in [3.8, 4) is 34.1 Å². The van der Waals surface area contributed by atoms with Crippen LogP contribution in [0.3, 0.4) is 0 Å². The molecule has 0 aliphatic rings. The summed E-state index contributed by atoms with van der Waals surface area (Å²) in [6.07, 6.45) is 4.62. The van der Waals surface area contributed by atoms with E-state index in [2.05, 4.69) is 20.3 Å². The second-order valence-corrected chi connectivity index (χ2v) is 10.9. The van der Waals surface area contributed by atoms with Gasteiger partial charge in [-0.25, -0.2) is 13.8 Å². The van der Waals surface area contributed by atoms with Gasteiger partial charge < -0.3 is 29.6 Å². The van der Waals surface area contributed by atoms with E-state index in [1.807, 2.05) is 0 Å². The third kappa shape index (κ3) is 6.24. The molecule has 3 N–H and O–H groups in total. The van der Waals surface area contributed by atoms with Gasteiger partial charge >= 0.3 is 0 Å². The minimum Gasteiger partial charge on any atom is -0.493 e. The van der Waals surface area contributed by atoms with Gasteiger partial charge in [0.15, 0.2) is 23.1 Å². The summed E-state index contributed by atoms with van der Waals surface area (Å²) < 4.78 is 46.1. The lowest BCUT2D eigenvalue weighted by Crippen LogP contribution is -2.27. The van der Waals surface area contributed by atoms with E-state index in [1.165, 1.54) is 55.9 Å². The molecule has 0 unspecified atom stereocenters. The fourth-order valence-corrected chi connectivity index (χ4v) is 4.76. The number of nitrogens with zero attached hydrogens (tertiary/aromatic N) is 2. The average Bonchev–Trinajstić information content (AvgIpc) is 3.01. The van der Waals surface area contributed by atoms with Crippen LogP contribution in [0.15, 0.2) is 90.1 Å². The van der Waals surface area contributed by atoms with E-state index in [9.17, 15) is 14.3 Å². The molecule has 45 heavy (non-hydrogen) atoms. The number of halogens is 2. The smallest absolute Gasteiger partial charge is 0.200 e. The van der Waals surface area contributed by atoms with E-state index >= 15 is 4.39 Å². The Morgan fingerprint density at radius 2 is 1.69 bits per heavy atom. The molecule has 0 aliphatic heterocycles. The molecule has 0 radical (unpaired) electrons. The van der Waals surface area contributed by atoms with Crippen molar-refractivity contribution >= 4 is 33.3 Å². The van der Waals surface area contributed by atoms with Gasteiger partial charge in [-0.1, -0.05) is 12.1 Å². The van der Waals surface area contributed by atoms with E-state index in [1.54, 1.807) is 50.4 Å². The van der Waals surface area contributed by atoms with Gasteiger partial charge in [-0.3, -0.25) is 9.78 Å². The monoisotopic (exact) mass is 610 g/mol. The van der Waals surface area contributed by atoms with Crippen molar-refractivity contribution in [2.24, 2.45) is 0 Å². The van der Waals surface area contributed by atoms with Crippen molar-refractivity contribution in [3.63, 3.8) is 0 Å². The van der Waals surface area contributed by atoms with E-state index in [4.69, 9.17) is 14.2 Å². The Bertz CT molecular complexity index is 2090. The fourth-order valence-electron chi connectivity index (χ4n) is 4.76. The number of hydrogen-bond acceptors (Lipinski definition) is 8. The molecule has 0 bridgehead atoms. The largest absolute Gasteiger partial charge is 0.493 e. The number of pyridine rings is 3. The number of ether oxygens (including phenoxy) is 3. The molecule has 0 saturated carbocycles. The maximum absolute atomic E-state index is 15.4. The number of nitrogens with one attached hydrogen (secondary N) is 2. The Balaban J connectivity index is 1.30. The molecule has 3 aromatic heterocycles. The maximum atomic E-state index is 15.4. The van der Waals surface area contributed by atoms with Crippen molar-refractivity contribution in [2.75, 3.05) is 19.0 Å². The molecule has 0 saturated heterocycles. The number of fused-ring (bicyclic) bond motifs is 2. The van der Waals surface area contributed by atoms with Gasteiger partial charge in [-0.05, 0) is 61.9 Å². The number of anilines is 2. The van der Waals surface area contributed by atoms with Gasteiger partial charge in [0.25, 0.3) is 0 Å². The van der Waals surface area contributed by atoms with Gasteiger partial charge in [0, 0.05) is 47.4 Å². The van der Waals surface area contributed by atoms with E-state index in [-0.39, 0.29) is 29.0 Å². The number of H-pyrrole nitrogens is 1.